The van der Waals surface area contributed by atoms with E-state index in [1.165, 1.54) is 0 Å². The second-order valence-electron chi connectivity index (χ2n) is 6.55. The second kappa shape index (κ2) is 7.04. The number of carbonyl (C=O) groups excluding carboxylic acids is 1. The highest BCUT2D eigenvalue weighted by Crippen LogP contribution is 2.21. The molecular weight excluding hydrogens is 322 g/mol. The SMILES string of the molecule is CC(C)c1noc(CCC(=O)N2CCc3ccc(C(=O)O)cc3C2)n1. The summed E-state index contributed by atoms with van der Waals surface area (Å²) in [6.45, 7) is 5.04. The molecule has 7 heteroatoms. The quantitative estimate of drug-likeness (QED) is 0.895. The maximum atomic E-state index is 12.5. The van der Waals surface area contributed by atoms with Crippen LogP contribution in [-0.2, 0) is 24.2 Å². The van der Waals surface area contributed by atoms with Crippen LogP contribution in [0.15, 0.2) is 22.7 Å². The van der Waals surface area contributed by atoms with E-state index in [9.17, 15) is 9.59 Å². The molecule has 25 heavy (non-hydrogen) atoms. The molecule has 2 aromatic rings. The van der Waals surface area contributed by atoms with Crippen molar-refractivity contribution in [3.05, 3.63) is 46.6 Å². The Kier molecular flexibility index (Phi) is 4.83. The van der Waals surface area contributed by atoms with Crippen LogP contribution in [0.25, 0.3) is 0 Å². The first kappa shape index (κ1) is 17.1. The Morgan fingerprint density at radius 1 is 1.32 bits per heavy atom. The van der Waals surface area contributed by atoms with Gasteiger partial charge in [0.2, 0.25) is 11.8 Å². The second-order valence-corrected chi connectivity index (χ2v) is 6.55. The summed E-state index contributed by atoms with van der Waals surface area (Å²) in [6.07, 6.45) is 1.45. The molecule has 0 spiro atoms. The molecule has 0 radical (unpaired) electrons. The smallest absolute Gasteiger partial charge is 0.335 e. The number of hydrogen-bond donors (Lipinski definition) is 1. The highest BCUT2D eigenvalue weighted by atomic mass is 16.5. The maximum Gasteiger partial charge on any atom is 0.335 e. The number of hydrogen-bond acceptors (Lipinski definition) is 5. The maximum absolute atomic E-state index is 12.5. The lowest BCUT2D eigenvalue weighted by Gasteiger charge is -2.29. The molecule has 0 saturated heterocycles. The lowest BCUT2D eigenvalue weighted by atomic mass is 9.97. The number of benzene rings is 1. The van der Waals surface area contributed by atoms with E-state index in [0.717, 1.165) is 17.5 Å². The van der Waals surface area contributed by atoms with Gasteiger partial charge in [-0.3, -0.25) is 4.79 Å². The number of fused-ring (bicyclic) bond motifs is 1. The van der Waals surface area contributed by atoms with Crippen molar-refractivity contribution >= 4 is 11.9 Å². The summed E-state index contributed by atoms with van der Waals surface area (Å²) in [4.78, 5) is 29.6. The molecular formula is C18H21N3O4. The number of aromatic carboxylic acids is 1. The summed E-state index contributed by atoms with van der Waals surface area (Å²) in [5.41, 5.74) is 2.26. The van der Waals surface area contributed by atoms with Gasteiger partial charge < -0.3 is 14.5 Å². The Hall–Kier alpha value is -2.70. The molecule has 132 valence electrons. The lowest BCUT2D eigenvalue weighted by molar-refractivity contribution is -0.132. The van der Waals surface area contributed by atoms with Gasteiger partial charge in [-0.15, -0.1) is 0 Å². The van der Waals surface area contributed by atoms with Gasteiger partial charge in [0.15, 0.2) is 5.82 Å². The third-order valence-electron chi connectivity index (χ3n) is 4.37. The molecule has 1 aliphatic rings. The lowest BCUT2D eigenvalue weighted by Crippen LogP contribution is -2.36. The van der Waals surface area contributed by atoms with Crippen LogP contribution in [0.3, 0.4) is 0 Å². The van der Waals surface area contributed by atoms with Crippen LogP contribution in [0.4, 0.5) is 0 Å². The Bertz CT molecular complexity index is 797. The number of nitrogens with zero attached hydrogens (tertiary/aromatic N) is 3. The van der Waals surface area contributed by atoms with Crippen molar-refractivity contribution in [3.8, 4) is 0 Å². The van der Waals surface area contributed by atoms with Gasteiger partial charge in [0.05, 0.1) is 5.56 Å². The summed E-state index contributed by atoms with van der Waals surface area (Å²) in [5, 5.41) is 13.0. The van der Waals surface area contributed by atoms with E-state index in [1.807, 2.05) is 19.9 Å². The molecule has 0 unspecified atom stereocenters. The van der Waals surface area contributed by atoms with E-state index in [1.54, 1.807) is 17.0 Å². The Balaban J connectivity index is 1.61. The largest absolute Gasteiger partial charge is 0.478 e. The van der Waals surface area contributed by atoms with Crippen LogP contribution < -0.4 is 0 Å². The highest BCUT2D eigenvalue weighted by molar-refractivity contribution is 5.88. The van der Waals surface area contributed by atoms with Crippen molar-refractivity contribution < 1.29 is 19.2 Å². The van der Waals surface area contributed by atoms with Crippen LogP contribution in [0.2, 0.25) is 0 Å². The van der Waals surface area contributed by atoms with Gasteiger partial charge in [0.25, 0.3) is 0 Å². The fourth-order valence-electron chi connectivity index (χ4n) is 2.88. The summed E-state index contributed by atoms with van der Waals surface area (Å²) >= 11 is 0. The molecule has 3 rings (SSSR count). The molecule has 1 aliphatic heterocycles. The van der Waals surface area contributed by atoms with Crippen LogP contribution in [-0.4, -0.2) is 38.6 Å². The number of carboxylic acid groups (broad SMARTS) is 1. The first-order valence-electron chi connectivity index (χ1n) is 8.39. The molecule has 0 saturated carbocycles. The minimum atomic E-state index is -0.955. The van der Waals surface area contributed by atoms with E-state index in [4.69, 9.17) is 9.63 Å². The normalized spacial score (nSPS) is 13.8. The van der Waals surface area contributed by atoms with Crippen LogP contribution in [0.5, 0.6) is 0 Å². The average molecular weight is 343 g/mol. The monoisotopic (exact) mass is 343 g/mol. The van der Waals surface area contributed by atoms with Crippen LogP contribution >= 0.6 is 0 Å². The number of carbonyl (C=O) groups is 2. The molecule has 0 atom stereocenters. The predicted molar refractivity (Wildman–Crippen MR) is 89.2 cm³/mol. The van der Waals surface area contributed by atoms with Gasteiger partial charge in [-0.05, 0) is 29.7 Å². The zero-order chi connectivity index (χ0) is 18.0. The zero-order valence-corrected chi connectivity index (χ0v) is 14.4. The van der Waals surface area contributed by atoms with Crippen molar-refractivity contribution in [2.45, 2.75) is 45.6 Å². The van der Waals surface area contributed by atoms with Crippen molar-refractivity contribution in [2.75, 3.05) is 6.54 Å². The Morgan fingerprint density at radius 3 is 2.80 bits per heavy atom. The summed E-state index contributed by atoms with van der Waals surface area (Å²) < 4.78 is 5.16. The Morgan fingerprint density at radius 2 is 2.12 bits per heavy atom. The fraction of sp³-hybridized carbons (Fsp3) is 0.444. The first-order chi connectivity index (χ1) is 11.9. The van der Waals surface area contributed by atoms with Crippen molar-refractivity contribution in [2.24, 2.45) is 0 Å². The van der Waals surface area contributed by atoms with Crippen molar-refractivity contribution in [1.29, 1.82) is 0 Å². The van der Waals surface area contributed by atoms with Gasteiger partial charge in [-0.1, -0.05) is 25.1 Å². The predicted octanol–water partition coefficient (Wildman–Crippen LogP) is 2.41. The molecule has 2 heterocycles. The molecule has 1 N–H and O–H groups in total. The van der Waals surface area contributed by atoms with Gasteiger partial charge >= 0.3 is 5.97 Å². The summed E-state index contributed by atoms with van der Waals surface area (Å²) in [5.74, 6) is 0.368. The number of rotatable bonds is 5. The third kappa shape index (κ3) is 3.87. The van der Waals surface area contributed by atoms with Crippen LogP contribution in [0.1, 0.15) is 59.4 Å². The Labute approximate surface area is 145 Å². The van der Waals surface area contributed by atoms with Crippen molar-refractivity contribution in [3.63, 3.8) is 0 Å². The van der Waals surface area contributed by atoms with E-state index in [-0.39, 0.29) is 17.4 Å². The van der Waals surface area contributed by atoms with E-state index >= 15 is 0 Å². The number of carboxylic acids is 1. The third-order valence-corrected chi connectivity index (χ3v) is 4.37. The van der Waals surface area contributed by atoms with Gasteiger partial charge in [0, 0.05) is 31.8 Å². The molecule has 0 aliphatic carbocycles. The minimum Gasteiger partial charge on any atom is -0.478 e. The van der Waals surface area contributed by atoms with Gasteiger partial charge in [0.1, 0.15) is 0 Å². The first-order valence-corrected chi connectivity index (χ1v) is 8.39. The van der Waals surface area contributed by atoms with E-state index < -0.39 is 5.97 Å². The molecule has 1 amide bonds. The molecule has 0 bridgehead atoms. The van der Waals surface area contributed by atoms with Gasteiger partial charge in [-0.25, -0.2) is 4.79 Å². The standard InChI is InChI=1S/C18H21N3O4/c1-11(2)17-19-15(25-20-17)5-6-16(22)21-8-7-12-3-4-13(18(23)24)9-14(12)10-21/h3-4,9,11H,5-8,10H2,1-2H3,(H,23,24). The summed E-state index contributed by atoms with van der Waals surface area (Å²) in [6, 6.07) is 5.11. The average Bonchev–Trinajstić information content (AvgIpc) is 3.08. The fourth-order valence-corrected chi connectivity index (χ4v) is 2.88. The topological polar surface area (TPSA) is 96.5 Å². The minimum absolute atomic E-state index is 0.00988. The summed E-state index contributed by atoms with van der Waals surface area (Å²) in [7, 11) is 0. The van der Waals surface area contributed by atoms with E-state index in [2.05, 4.69) is 10.1 Å². The molecule has 1 aromatic carbocycles. The van der Waals surface area contributed by atoms with Crippen LogP contribution in [0, 0.1) is 0 Å². The highest BCUT2D eigenvalue weighted by Gasteiger charge is 2.22. The number of aromatic nitrogens is 2. The molecule has 0 fully saturated rings. The van der Waals surface area contributed by atoms with Crippen molar-refractivity contribution in [1.82, 2.24) is 15.0 Å². The molecule has 7 nitrogen and oxygen atoms in total. The van der Waals surface area contributed by atoms with E-state index in [0.29, 0.717) is 37.6 Å². The number of aryl methyl sites for hydroxylation is 1. The van der Waals surface area contributed by atoms with Gasteiger partial charge in [-0.2, -0.15) is 4.98 Å². The zero-order valence-electron chi connectivity index (χ0n) is 14.4. The molecule has 1 aromatic heterocycles. The number of amides is 1.